The molecule has 0 rings (SSSR count). The van der Waals surface area contributed by atoms with Gasteiger partial charge in [0.25, 0.3) is 0 Å². The van der Waals surface area contributed by atoms with Gasteiger partial charge < -0.3 is 0 Å². The summed E-state index contributed by atoms with van der Waals surface area (Å²) in [4.78, 5) is 0. The maximum absolute atomic E-state index is 11.2. The first-order chi connectivity index (χ1) is 51.1. The second-order valence-electron chi connectivity index (χ2n) is 7.09. The SMILES string of the molecule is O=S(=O)(OOOOOOOOOOOOOOOOOOOOOOOOOOOOOOOOOOOOOOOOOOOOOOOOOO)OOOOOOOOOOOOOOOOOOOOOOOOOOOOOOOOOOOOOOOOOOOOOOOOOO. The Balaban J connectivity index is 3.19. The molecule has 0 aliphatic heterocycles. The third kappa shape index (κ3) is 94.0. The Morgan fingerprint density at radius 3 is 0.223 bits per heavy atom. The fourth-order valence-electron chi connectivity index (χ4n) is 1.15. The van der Waals surface area contributed by atoms with Crippen LogP contribution in [0.2, 0.25) is 0 Å². The summed E-state index contributed by atoms with van der Waals surface area (Å²) in [5.74, 6) is 0. The van der Waals surface area contributed by atoms with E-state index in [1.807, 2.05) is 0 Å². The van der Waals surface area contributed by atoms with Crippen LogP contribution in [0.25, 0.3) is 0 Å². The minimum absolute atomic E-state index is 2.87. The Bertz CT molecular complexity index is 1420. The Hall–Kier alpha value is -4.05. The lowest BCUT2D eigenvalue weighted by atomic mass is 14.0. The molecule has 0 aliphatic carbocycles. The van der Waals surface area contributed by atoms with Gasteiger partial charge in [-0.3, -0.25) is 0 Å². The molecule has 0 amide bonds. The molecule has 0 heterocycles. The normalized spacial score (nSPS) is 12.0. The average Bonchev–Trinajstić information content (AvgIpc) is 2.10. The minimum Gasteiger partial charge on any atom is -0.219 e. The highest BCUT2D eigenvalue weighted by Gasteiger charge is 2.19. The molecule has 2 N–H and O–H groups in total. The molecule has 0 atom stereocenters. The highest BCUT2D eigenvalue weighted by atomic mass is 32.3. The lowest BCUT2D eigenvalue weighted by Crippen LogP contribution is -2.13. The molecule has 0 fully saturated rings. The van der Waals surface area contributed by atoms with Crippen LogP contribution in [-0.2, 0) is 503 Å². The van der Waals surface area contributed by atoms with E-state index >= 15 is 0 Å². The summed E-state index contributed by atoms with van der Waals surface area (Å²) in [6, 6.07) is 0. The molecule has 0 aromatic heterocycles. The number of hydrogen-bond acceptors (Lipinski definition) is 102. The predicted molar refractivity (Wildman–Crippen MR) is 121 cm³/mol. The van der Waals surface area contributed by atoms with Crippen LogP contribution < -0.4 is 0 Å². The second kappa shape index (κ2) is 92.2. The lowest BCUT2D eigenvalue weighted by molar-refractivity contribution is -0.910. The van der Waals surface area contributed by atoms with E-state index in [0.717, 1.165) is 0 Å². The molecule has 0 radical (unpaired) electrons. The van der Waals surface area contributed by atoms with E-state index in [4.69, 9.17) is 10.5 Å². The summed E-state index contributed by atoms with van der Waals surface area (Å²) in [7, 11) is -5.36. The highest BCUT2D eigenvalue weighted by molar-refractivity contribution is 7.81. The molecule has 0 saturated carbocycles. The molecule has 0 unspecified atom stereocenters. The smallest absolute Gasteiger partial charge is 0.219 e. The Morgan fingerprint density at radius 1 is 0.0971 bits per heavy atom. The third-order valence-electron chi connectivity index (χ3n) is 2.84. The zero-order chi connectivity index (χ0) is 73.8. The molecule has 103 heavy (non-hydrogen) atoms. The van der Waals surface area contributed by atoms with Crippen molar-refractivity contribution in [3.05, 3.63) is 0 Å². The van der Waals surface area contributed by atoms with E-state index in [0.29, 0.717) is 0 Å². The quantitative estimate of drug-likeness (QED) is 0.0324. The summed E-state index contributed by atoms with van der Waals surface area (Å²) >= 11 is 0. The molecule has 103 heteroatoms. The largest absolute Gasteiger partial charge is 0.457 e. The monoisotopic (exact) mass is 1670 g/mol. The second-order valence-corrected chi connectivity index (χ2v) is 8.18. The number of hydrogen-bond donors (Lipinski definition) is 2. The van der Waals surface area contributed by atoms with Gasteiger partial charge in [-0.05, 0) is 170 Å². The summed E-state index contributed by atoms with van der Waals surface area (Å²) < 4.78 is 29.0. The first-order valence-corrected chi connectivity index (χ1v) is 18.4. The molecular weight excluding hydrogens is 1660 g/mol. The first-order valence-electron chi connectivity index (χ1n) is 17.0. The van der Waals surface area contributed by atoms with Crippen molar-refractivity contribution in [1.29, 1.82) is 0 Å². The fraction of sp³-hybridized carbons (Fsp3) is 0. The molecule has 620 valence electrons. The zero-order valence-corrected chi connectivity index (χ0v) is 42.9. The van der Waals surface area contributed by atoms with Gasteiger partial charge in [-0.2, -0.15) is 8.42 Å². The van der Waals surface area contributed by atoms with Crippen LogP contribution in [0.4, 0.5) is 0 Å². The maximum atomic E-state index is 11.2. The van der Waals surface area contributed by atoms with Crippen molar-refractivity contribution in [3.63, 3.8) is 0 Å². The van der Waals surface area contributed by atoms with Gasteiger partial charge >= 0.3 is 10.4 Å². The van der Waals surface area contributed by atoms with Gasteiger partial charge in [0.05, 0.1) is 0 Å². The maximum Gasteiger partial charge on any atom is 0.457 e. The Labute approximate surface area is 523 Å². The van der Waals surface area contributed by atoms with E-state index < -0.39 is 10.4 Å². The van der Waals surface area contributed by atoms with E-state index in [1.165, 1.54) is 0 Å². The Kier molecular flexibility index (Phi) is 88.5. The van der Waals surface area contributed by atoms with Gasteiger partial charge in [0.1, 0.15) is 0 Å². The van der Waals surface area contributed by atoms with Crippen molar-refractivity contribution >= 4 is 10.4 Å². The first kappa shape index (κ1) is 98.9. The number of rotatable bonds is 98. The summed E-state index contributed by atoms with van der Waals surface area (Å²) in [5, 5.41) is 346. The Morgan fingerprint density at radius 2 is 0.155 bits per heavy atom. The molecule has 0 spiro atoms. The van der Waals surface area contributed by atoms with Gasteiger partial charge in [0.2, 0.25) is 0 Å². The van der Waals surface area contributed by atoms with Gasteiger partial charge in [-0.25, -0.2) is 10.5 Å². The molecule has 0 bridgehead atoms. The van der Waals surface area contributed by atoms with Crippen molar-refractivity contribution in [2.24, 2.45) is 0 Å². The molecule has 102 nitrogen and oxygen atoms in total. The van der Waals surface area contributed by atoms with E-state index in [1.54, 1.807) is 0 Å². The van der Waals surface area contributed by atoms with Crippen molar-refractivity contribution in [3.8, 4) is 0 Å². The van der Waals surface area contributed by atoms with E-state index in [2.05, 4.69) is 492 Å². The standard InChI is InChI=1S/H2O102S/c1-5-7-9-11-13-15-17-19-21-23-25-27-29-31-33-35-37-39-41-43-45-47-49-51-53-55-57-59-61-63-65-67-69-71-73-75-77-79-81-83-85-87-89-91-93-95-97-99-101-103(3,4)102-100-98-96-94-92-90-88-86-84-82-80-78-76-74-72-70-68-66-64-62-60-58-56-54-52-50-48-46-44-42-40-38-36-34-32-30-28-26-24-22-20-18-16-14-12-10-8-6-2/h1-2H. The van der Waals surface area contributed by atoms with Crippen LogP contribution in [0.5, 0.6) is 0 Å². The van der Waals surface area contributed by atoms with E-state index in [9.17, 15) is 8.42 Å². The topological polar surface area (TPSA) is 979 Å². The third-order valence-corrected chi connectivity index (χ3v) is 3.28. The van der Waals surface area contributed by atoms with Crippen LogP contribution in [0.1, 0.15) is 0 Å². The zero-order valence-electron chi connectivity index (χ0n) is 42.1. The predicted octanol–water partition coefficient (Wildman–Crippen LogP) is -7.36. The van der Waals surface area contributed by atoms with Crippen LogP contribution in [-0.4, -0.2) is 18.9 Å². The lowest BCUT2D eigenvalue weighted by Gasteiger charge is -2.01. The van der Waals surface area contributed by atoms with Gasteiger partial charge in [-0.15, -0.1) is 0 Å². The van der Waals surface area contributed by atoms with Crippen LogP contribution in [0.3, 0.4) is 0 Å². The molecule has 0 aliphatic rings. The highest BCUT2D eigenvalue weighted by Crippen LogP contribution is 2.04. The molecular formula is H2O102S. The van der Waals surface area contributed by atoms with Crippen LogP contribution >= 0.6 is 0 Å². The molecule has 0 aromatic rings. The van der Waals surface area contributed by atoms with E-state index in [-0.39, 0.29) is 0 Å². The minimum atomic E-state index is -5.36. The summed E-state index contributed by atoms with van der Waals surface area (Å²) in [5.41, 5.74) is 0. The van der Waals surface area contributed by atoms with Crippen molar-refractivity contribution in [2.45, 2.75) is 0 Å². The van der Waals surface area contributed by atoms with Crippen molar-refractivity contribution < 1.29 is 511 Å². The van der Waals surface area contributed by atoms with Crippen LogP contribution in [0.15, 0.2) is 0 Å². The van der Waals surface area contributed by atoms with Gasteiger partial charge in [-0.1, -0.05) is 0 Å². The summed E-state index contributed by atoms with van der Waals surface area (Å²) in [6.45, 7) is 0. The van der Waals surface area contributed by atoms with Gasteiger partial charge in [0.15, 0.2) is 0 Å². The average molecular weight is 1670 g/mol. The fourth-order valence-corrected chi connectivity index (χ4v) is 1.35. The van der Waals surface area contributed by atoms with Crippen molar-refractivity contribution in [1.82, 2.24) is 0 Å². The van der Waals surface area contributed by atoms with Crippen LogP contribution in [0, 0.1) is 0 Å². The summed E-state index contributed by atoms with van der Waals surface area (Å²) in [6.07, 6.45) is 0. The van der Waals surface area contributed by atoms with Gasteiger partial charge in [0, 0.05) is 322 Å². The molecule has 0 aromatic carbocycles. The van der Waals surface area contributed by atoms with Crippen molar-refractivity contribution in [2.75, 3.05) is 0 Å². The molecule has 0 saturated heterocycles.